The molecule has 20 heavy (non-hydrogen) atoms. The summed E-state index contributed by atoms with van der Waals surface area (Å²) in [6, 6.07) is 5.83. The molecule has 106 valence electrons. The molecule has 0 aliphatic carbocycles. The number of halogens is 2. The predicted octanol–water partition coefficient (Wildman–Crippen LogP) is 3.64. The summed E-state index contributed by atoms with van der Waals surface area (Å²) in [6.07, 6.45) is 0. The van der Waals surface area contributed by atoms with Gasteiger partial charge in [0.1, 0.15) is 4.88 Å². The fourth-order valence-corrected chi connectivity index (χ4v) is 4.19. The first-order valence-corrected chi connectivity index (χ1v) is 8.03. The predicted molar refractivity (Wildman–Crippen MR) is 85.2 cm³/mol. The minimum absolute atomic E-state index is 0.0145. The molecule has 0 radical (unpaired) electrons. The lowest BCUT2D eigenvalue weighted by molar-refractivity contribution is 0.0714. The van der Waals surface area contributed by atoms with Crippen LogP contribution < -0.4 is 5.32 Å². The summed E-state index contributed by atoms with van der Waals surface area (Å²) in [4.78, 5) is 15.1. The Labute approximate surface area is 131 Å². The van der Waals surface area contributed by atoms with E-state index in [2.05, 4.69) is 12.2 Å². The van der Waals surface area contributed by atoms with Gasteiger partial charge in [-0.3, -0.25) is 4.79 Å². The van der Waals surface area contributed by atoms with Gasteiger partial charge in [0.15, 0.2) is 0 Å². The van der Waals surface area contributed by atoms with E-state index in [9.17, 15) is 4.79 Å². The smallest absolute Gasteiger partial charge is 0.265 e. The highest BCUT2D eigenvalue weighted by Gasteiger charge is 2.25. The Morgan fingerprint density at radius 1 is 1.45 bits per heavy atom. The zero-order valence-corrected chi connectivity index (χ0v) is 13.3. The van der Waals surface area contributed by atoms with Crippen molar-refractivity contribution in [2.45, 2.75) is 13.0 Å². The highest BCUT2D eigenvalue weighted by Crippen LogP contribution is 2.37. The van der Waals surface area contributed by atoms with Crippen molar-refractivity contribution in [3.63, 3.8) is 0 Å². The molecule has 2 heterocycles. The van der Waals surface area contributed by atoms with Gasteiger partial charge < -0.3 is 10.2 Å². The Morgan fingerprint density at radius 3 is 3.00 bits per heavy atom. The maximum Gasteiger partial charge on any atom is 0.265 e. The Hall–Kier alpha value is -0.810. The molecule has 1 aliphatic heterocycles. The second-order valence-corrected chi connectivity index (χ2v) is 6.86. The van der Waals surface area contributed by atoms with Crippen molar-refractivity contribution >= 4 is 50.5 Å². The Kier molecular flexibility index (Phi) is 3.91. The van der Waals surface area contributed by atoms with Crippen molar-refractivity contribution < 1.29 is 4.79 Å². The van der Waals surface area contributed by atoms with Crippen LogP contribution in [0.4, 0.5) is 0 Å². The third kappa shape index (κ3) is 2.53. The monoisotopic (exact) mass is 328 g/mol. The van der Waals surface area contributed by atoms with Crippen molar-refractivity contribution in [1.29, 1.82) is 0 Å². The number of fused-ring (bicyclic) bond motifs is 1. The molecule has 1 aromatic carbocycles. The van der Waals surface area contributed by atoms with E-state index in [4.69, 9.17) is 23.2 Å². The Bertz CT molecular complexity index is 670. The molecule has 0 saturated carbocycles. The fraction of sp³-hybridized carbons (Fsp3) is 0.357. The minimum Gasteiger partial charge on any atom is -0.335 e. The highest BCUT2D eigenvalue weighted by molar-refractivity contribution is 7.21. The molecule has 1 amide bonds. The minimum atomic E-state index is 0.0145. The van der Waals surface area contributed by atoms with Gasteiger partial charge in [-0.25, -0.2) is 0 Å². The number of amides is 1. The van der Waals surface area contributed by atoms with Gasteiger partial charge >= 0.3 is 0 Å². The first kappa shape index (κ1) is 14.1. The molecule has 0 spiro atoms. The van der Waals surface area contributed by atoms with Crippen LogP contribution in [0.5, 0.6) is 0 Å². The van der Waals surface area contributed by atoms with Crippen LogP contribution in [0.25, 0.3) is 10.1 Å². The number of nitrogens with one attached hydrogen (secondary N) is 1. The second kappa shape index (κ2) is 5.53. The summed E-state index contributed by atoms with van der Waals surface area (Å²) in [5.74, 6) is 0.0145. The number of carbonyl (C=O) groups excluding carboxylic acids is 1. The van der Waals surface area contributed by atoms with Gasteiger partial charge in [-0.05, 0) is 19.1 Å². The third-order valence-electron chi connectivity index (χ3n) is 3.44. The Morgan fingerprint density at radius 2 is 2.25 bits per heavy atom. The molecule has 1 aromatic heterocycles. The van der Waals surface area contributed by atoms with Gasteiger partial charge in [0, 0.05) is 40.8 Å². The number of hydrogen-bond donors (Lipinski definition) is 1. The molecule has 1 aliphatic rings. The number of piperazine rings is 1. The van der Waals surface area contributed by atoms with Crippen LogP contribution in [0, 0.1) is 0 Å². The van der Waals surface area contributed by atoms with Crippen molar-refractivity contribution in [3.8, 4) is 0 Å². The summed E-state index contributed by atoms with van der Waals surface area (Å²) in [6.45, 7) is 4.33. The lowest BCUT2D eigenvalue weighted by Gasteiger charge is -2.31. The molecule has 3 nitrogen and oxygen atoms in total. The normalized spacial score (nSPS) is 19.6. The van der Waals surface area contributed by atoms with Crippen molar-refractivity contribution in [2.75, 3.05) is 19.6 Å². The van der Waals surface area contributed by atoms with E-state index in [1.165, 1.54) is 11.3 Å². The van der Waals surface area contributed by atoms with Crippen LogP contribution in [0.15, 0.2) is 18.2 Å². The van der Waals surface area contributed by atoms with Crippen LogP contribution in [0.3, 0.4) is 0 Å². The number of nitrogens with zero attached hydrogens (tertiary/aromatic N) is 1. The maximum absolute atomic E-state index is 12.6. The molecule has 1 saturated heterocycles. The van der Waals surface area contributed by atoms with E-state index in [1.807, 2.05) is 17.0 Å². The Balaban J connectivity index is 1.97. The lowest BCUT2D eigenvalue weighted by atomic mass is 10.2. The molecule has 1 atom stereocenters. The van der Waals surface area contributed by atoms with Crippen LogP contribution in [0.2, 0.25) is 10.0 Å². The summed E-state index contributed by atoms with van der Waals surface area (Å²) >= 11 is 13.8. The molecule has 1 fully saturated rings. The molecular weight excluding hydrogens is 315 g/mol. The quantitative estimate of drug-likeness (QED) is 0.866. The number of hydrogen-bond acceptors (Lipinski definition) is 3. The molecule has 6 heteroatoms. The standard InChI is InChI=1S/C14H14Cl2N2OS/c1-8-7-18(5-4-17-8)14(19)13-12(16)10-3-2-9(15)6-11(10)20-13/h2-3,6,8,17H,4-5,7H2,1H3. The van der Waals surface area contributed by atoms with Gasteiger partial charge in [-0.15, -0.1) is 11.3 Å². The zero-order chi connectivity index (χ0) is 14.3. The molecule has 1 N–H and O–H groups in total. The fourth-order valence-electron chi connectivity index (χ4n) is 2.44. The first-order valence-electron chi connectivity index (χ1n) is 6.46. The number of carbonyl (C=O) groups is 1. The van der Waals surface area contributed by atoms with Gasteiger partial charge in [0.2, 0.25) is 0 Å². The summed E-state index contributed by atoms with van der Waals surface area (Å²) < 4.78 is 0.953. The van der Waals surface area contributed by atoms with E-state index in [0.717, 1.165) is 16.6 Å². The number of thiophene rings is 1. The third-order valence-corrected chi connectivity index (χ3v) is 5.32. The van der Waals surface area contributed by atoms with Gasteiger partial charge in [-0.1, -0.05) is 29.3 Å². The average molecular weight is 329 g/mol. The first-order chi connectivity index (χ1) is 9.56. The molecule has 0 bridgehead atoms. The SMILES string of the molecule is CC1CN(C(=O)c2sc3cc(Cl)ccc3c2Cl)CCN1. The van der Waals surface area contributed by atoms with E-state index >= 15 is 0 Å². The topological polar surface area (TPSA) is 32.3 Å². The van der Waals surface area contributed by atoms with Crippen LogP contribution in [-0.2, 0) is 0 Å². The maximum atomic E-state index is 12.6. The van der Waals surface area contributed by atoms with Gasteiger partial charge in [-0.2, -0.15) is 0 Å². The van der Waals surface area contributed by atoms with Crippen LogP contribution >= 0.6 is 34.5 Å². The second-order valence-electron chi connectivity index (χ2n) is 4.99. The van der Waals surface area contributed by atoms with Crippen LogP contribution in [-0.4, -0.2) is 36.5 Å². The van der Waals surface area contributed by atoms with E-state index < -0.39 is 0 Å². The van der Waals surface area contributed by atoms with Gasteiger partial charge in [0.05, 0.1) is 5.02 Å². The molecule has 2 aromatic rings. The lowest BCUT2D eigenvalue weighted by Crippen LogP contribution is -2.51. The largest absolute Gasteiger partial charge is 0.335 e. The summed E-state index contributed by atoms with van der Waals surface area (Å²) in [7, 11) is 0. The number of benzene rings is 1. The van der Waals surface area contributed by atoms with Crippen molar-refractivity contribution in [1.82, 2.24) is 10.2 Å². The van der Waals surface area contributed by atoms with Crippen LogP contribution in [0.1, 0.15) is 16.6 Å². The molecular formula is C14H14Cl2N2OS. The van der Waals surface area contributed by atoms with E-state index in [-0.39, 0.29) is 5.91 Å². The molecule has 1 unspecified atom stereocenters. The van der Waals surface area contributed by atoms with Crippen molar-refractivity contribution in [3.05, 3.63) is 33.1 Å². The molecule has 3 rings (SSSR count). The van der Waals surface area contributed by atoms with Gasteiger partial charge in [0.25, 0.3) is 5.91 Å². The zero-order valence-electron chi connectivity index (χ0n) is 11.0. The van der Waals surface area contributed by atoms with E-state index in [1.54, 1.807) is 6.07 Å². The summed E-state index contributed by atoms with van der Waals surface area (Å²) in [5.41, 5.74) is 0. The number of rotatable bonds is 1. The highest BCUT2D eigenvalue weighted by atomic mass is 35.5. The summed E-state index contributed by atoms with van der Waals surface area (Å²) in [5, 5.41) is 5.42. The van der Waals surface area contributed by atoms with Crippen molar-refractivity contribution in [2.24, 2.45) is 0 Å². The van der Waals surface area contributed by atoms with E-state index in [0.29, 0.717) is 34.1 Å². The average Bonchev–Trinajstić information content (AvgIpc) is 2.74.